The Morgan fingerprint density at radius 3 is 2.69 bits per heavy atom. The minimum absolute atomic E-state index is 0.0190. The number of ether oxygens (including phenoxy) is 1. The van der Waals surface area contributed by atoms with Crippen molar-refractivity contribution in [1.82, 2.24) is 15.1 Å². The van der Waals surface area contributed by atoms with Gasteiger partial charge in [0, 0.05) is 18.5 Å². The van der Waals surface area contributed by atoms with Crippen LogP contribution in [0, 0.1) is 20.8 Å². The molecule has 0 bridgehead atoms. The molecule has 150 valence electrons. The summed E-state index contributed by atoms with van der Waals surface area (Å²) in [6, 6.07) is 16.0. The maximum absolute atomic E-state index is 12.1. The number of aromatic nitrogens is 2. The topological polar surface area (TPSA) is 56.2 Å². The van der Waals surface area contributed by atoms with Gasteiger partial charge in [0.25, 0.3) is 0 Å². The van der Waals surface area contributed by atoms with Crippen LogP contribution in [0.1, 0.15) is 28.8 Å². The molecule has 0 fully saturated rings. The van der Waals surface area contributed by atoms with E-state index in [2.05, 4.69) is 18.0 Å². The number of para-hydroxylation sites is 1. The predicted molar refractivity (Wildman–Crippen MR) is 116 cm³/mol. The number of amides is 1. The van der Waals surface area contributed by atoms with Gasteiger partial charge in [0.2, 0.25) is 11.8 Å². The fourth-order valence-corrected chi connectivity index (χ4v) is 3.15. The summed E-state index contributed by atoms with van der Waals surface area (Å²) in [6.45, 7) is 10.1. The zero-order valence-electron chi connectivity index (χ0n) is 17.2. The minimum atomic E-state index is -0.0190. The largest absolute Gasteiger partial charge is 0.438 e. The number of carbonyl (C=O) groups is 1. The van der Waals surface area contributed by atoms with Gasteiger partial charge in [-0.25, -0.2) is 4.68 Å². The lowest BCUT2D eigenvalue weighted by molar-refractivity contribution is -0.120. The van der Waals surface area contributed by atoms with Crippen LogP contribution in [0.4, 0.5) is 0 Å². The summed E-state index contributed by atoms with van der Waals surface area (Å²) in [4.78, 5) is 12.1. The third-order valence-corrected chi connectivity index (χ3v) is 4.73. The van der Waals surface area contributed by atoms with Gasteiger partial charge in [-0.2, -0.15) is 5.10 Å². The second-order valence-electron chi connectivity index (χ2n) is 7.08. The molecule has 0 saturated heterocycles. The number of hydrogen-bond donors (Lipinski definition) is 1. The molecule has 1 heterocycles. The van der Waals surface area contributed by atoms with Crippen LogP contribution >= 0.6 is 0 Å². The molecule has 0 atom stereocenters. The first-order valence-corrected chi connectivity index (χ1v) is 9.76. The Kier molecular flexibility index (Phi) is 6.50. The molecule has 0 aliphatic heterocycles. The highest BCUT2D eigenvalue weighted by molar-refractivity contribution is 5.76. The minimum Gasteiger partial charge on any atom is -0.438 e. The average Bonchev–Trinajstić information content (AvgIpc) is 3.01. The SMILES string of the molecule is C=CCNC(=O)CCc1c(C)nn(-c2cccc(C)c2)c1Oc1ccccc1C. The van der Waals surface area contributed by atoms with E-state index in [1.54, 1.807) is 6.08 Å². The van der Waals surface area contributed by atoms with E-state index in [1.807, 2.05) is 67.9 Å². The zero-order valence-corrected chi connectivity index (χ0v) is 17.2. The lowest BCUT2D eigenvalue weighted by Crippen LogP contribution is -2.23. The van der Waals surface area contributed by atoms with Crippen LogP contribution in [0.5, 0.6) is 11.6 Å². The van der Waals surface area contributed by atoms with Crippen LogP contribution in [0.2, 0.25) is 0 Å². The molecule has 3 aromatic rings. The third kappa shape index (κ3) is 4.93. The number of benzene rings is 2. The van der Waals surface area contributed by atoms with Crippen molar-refractivity contribution in [2.24, 2.45) is 0 Å². The highest BCUT2D eigenvalue weighted by atomic mass is 16.5. The summed E-state index contributed by atoms with van der Waals surface area (Å²) >= 11 is 0. The second-order valence-corrected chi connectivity index (χ2v) is 7.08. The third-order valence-electron chi connectivity index (χ3n) is 4.73. The van der Waals surface area contributed by atoms with Crippen molar-refractivity contribution in [3.63, 3.8) is 0 Å². The van der Waals surface area contributed by atoms with Crippen molar-refractivity contribution in [3.05, 3.63) is 83.6 Å². The number of hydrogen-bond acceptors (Lipinski definition) is 3. The summed E-state index contributed by atoms with van der Waals surface area (Å²) in [5.74, 6) is 1.41. The molecule has 0 aliphatic rings. The fourth-order valence-electron chi connectivity index (χ4n) is 3.15. The first-order valence-electron chi connectivity index (χ1n) is 9.76. The molecule has 2 aromatic carbocycles. The molecule has 5 nitrogen and oxygen atoms in total. The van der Waals surface area contributed by atoms with Crippen LogP contribution in [-0.4, -0.2) is 22.2 Å². The summed E-state index contributed by atoms with van der Waals surface area (Å²) in [5.41, 5.74) is 4.90. The standard InChI is InChI=1S/C24H27N3O2/c1-5-15-25-23(28)14-13-21-19(4)26-27(20-11-8-9-17(2)16-20)24(21)29-22-12-7-6-10-18(22)3/h5-12,16H,1,13-15H2,2-4H3,(H,25,28). The second kappa shape index (κ2) is 9.24. The van der Waals surface area contributed by atoms with Crippen molar-refractivity contribution in [3.8, 4) is 17.3 Å². The monoisotopic (exact) mass is 389 g/mol. The van der Waals surface area contributed by atoms with Crippen LogP contribution in [0.3, 0.4) is 0 Å². The van der Waals surface area contributed by atoms with Crippen LogP contribution in [0.15, 0.2) is 61.2 Å². The molecular weight excluding hydrogens is 362 g/mol. The quantitative estimate of drug-likeness (QED) is 0.562. The van der Waals surface area contributed by atoms with Gasteiger partial charge in [-0.1, -0.05) is 36.4 Å². The zero-order chi connectivity index (χ0) is 20.8. The molecular formula is C24H27N3O2. The number of nitrogens with one attached hydrogen (secondary N) is 1. The van der Waals surface area contributed by atoms with Gasteiger partial charge in [0.1, 0.15) is 5.75 Å². The maximum atomic E-state index is 12.1. The number of nitrogens with zero attached hydrogens (tertiary/aromatic N) is 2. The van der Waals surface area contributed by atoms with Crippen LogP contribution in [0.25, 0.3) is 5.69 Å². The molecule has 3 rings (SSSR count). The summed E-state index contributed by atoms with van der Waals surface area (Å²) in [6.07, 6.45) is 2.58. The van der Waals surface area contributed by atoms with E-state index in [0.29, 0.717) is 25.3 Å². The van der Waals surface area contributed by atoms with Crippen molar-refractivity contribution in [2.75, 3.05) is 6.54 Å². The highest BCUT2D eigenvalue weighted by Gasteiger charge is 2.20. The molecule has 29 heavy (non-hydrogen) atoms. The fraction of sp³-hybridized carbons (Fsp3) is 0.250. The lowest BCUT2D eigenvalue weighted by atomic mass is 10.1. The Hall–Kier alpha value is -3.34. The smallest absolute Gasteiger partial charge is 0.226 e. The van der Waals surface area contributed by atoms with Crippen molar-refractivity contribution >= 4 is 5.91 Å². The van der Waals surface area contributed by atoms with Gasteiger partial charge in [0.05, 0.1) is 11.4 Å². The first kappa shape index (κ1) is 20.4. The summed E-state index contributed by atoms with van der Waals surface area (Å²) in [7, 11) is 0. The first-order chi connectivity index (χ1) is 14.0. The molecule has 0 unspecified atom stereocenters. The molecule has 0 saturated carbocycles. The molecule has 0 aliphatic carbocycles. The van der Waals surface area contributed by atoms with Gasteiger partial charge in [0.15, 0.2) is 0 Å². The molecule has 0 spiro atoms. The van der Waals surface area contributed by atoms with Crippen molar-refractivity contribution < 1.29 is 9.53 Å². The van der Waals surface area contributed by atoms with Gasteiger partial charge in [-0.15, -0.1) is 6.58 Å². The molecule has 1 aromatic heterocycles. The van der Waals surface area contributed by atoms with Gasteiger partial charge < -0.3 is 10.1 Å². The Balaban J connectivity index is 1.99. The van der Waals surface area contributed by atoms with E-state index in [9.17, 15) is 4.79 Å². The Bertz CT molecular complexity index is 1020. The number of rotatable bonds is 8. The van der Waals surface area contributed by atoms with Crippen molar-refractivity contribution in [1.29, 1.82) is 0 Å². The summed E-state index contributed by atoms with van der Waals surface area (Å²) in [5, 5.41) is 7.55. The van der Waals surface area contributed by atoms with E-state index in [4.69, 9.17) is 9.84 Å². The maximum Gasteiger partial charge on any atom is 0.226 e. The predicted octanol–water partition coefficient (Wildman–Crippen LogP) is 4.82. The number of carbonyl (C=O) groups excluding carboxylic acids is 1. The average molecular weight is 389 g/mol. The summed E-state index contributed by atoms with van der Waals surface area (Å²) < 4.78 is 8.18. The van der Waals surface area contributed by atoms with Gasteiger partial charge >= 0.3 is 0 Å². The Morgan fingerprint density at radius 2 is 1.97 bits per heavy atom. The highest BCUT2D eigenvalue weighted by Crippen LogP contribution is 2.33. The van der Waals surface area contributed by atoms with E-state index >= 15 is 0 Å². The van der Waals surface area contributed by atoms with E-state index in [0.717, 1.165) is 33.8 Å². The lowest BCUT2D eigenvalue weighted by Gasteiger charge is -2.13. The Labute approximate surface area is 172 Å². The number of aryl methyl sites for hydroxylation is 3. The van der Waals surface area contributed by atoms with E-state index < -0.39 is 0 Å². The Morgan fingerprint density at radius 1 is 1.17 bits per heavy atom. The van der Waals surface area contributed by atoms with Crippen LogP contribution < -0.4 is 10.1 Å². The van der Waals surface area contributed by atoms with E-state index in [1.165, 1.54) is 0 Å². The van der Waals surface area contributed by atoms with E-state index in [-0.39, 0.29) is 5.91 Å². The molecule has 1 amide bonds. The van der Waals surface area contributed by atoms with Gasteiger partial charge in [-0.05, 0) is 56.5 Å². The van der Waals surface area contributed by atoms with Crippen molar-refractivity contribution in [2.45, 2.75) is 33.6 Å². The molecule has 0 radical (unpaired) electrons. The normalized spacial score (nSPS) is 10.6. The van der Waals surface area contributed by atoms with Crippen LogP contribution in [-0.2, 0) is 11.2 Å². The van der Waals surface area contributed by atoms with Gasteiger partial charge in [-0.3, -0.25) is 4.79 Å². The molecule has 5 heteroatoms. The molecule has 1 N–H and O–H groups in total.